The van der Waals surface area contributed by atoms with Gasteiger partial charge in [-0.2, -0.15) is 0 Å². The zero-order chi connectivity index (χ0) is 36.6. The lowest BCUT2D eigenvalue weighted by molar-refractivity contribution is -0.139. The van der Waals surface area contributed by atoms with E-state index in [9.17, 15) is 14.7 Å². The molecule has 0 aromatic heterocycles. The second-order valence-corrected chi connectivity index (χ2v) is 16.1. The molecule has 8 heteroatoms. The third-order valence-electron chi connectivity index (χ3n) is 10.4. The van der Waals surface area contributed by atoms with Gasteiger partial charge in [0, 0.05) is 12.7 Å². The maximum absolute atomic E-state index is 13.6. The standard InChI is InChI=1S/C42H77NO7/c1-7-8-9-10-11-12-17-20-23-26-29-39(48-33-47-6)37-31-30-36(43(37)41(46)50-42(3,4)5)38(44)28-25-22-19-16-14-13-15-18-21-24-27-35-32-34(2)49-40(35)45/h32,34,36-39,44H,7-31,33H2,1-6H3/t34-,36-,37+,38-,39+/m0/s1. The van der Waals surface area contributed by atoms with Crippen molar-refractivity contribution in [2.75, 3.05) is 13.9 Å². The summed E-state index contributed by atoms with van der Waals surface area (Å²) in [6, 6.07) is -0.381. The topological polar surface area (TPSA) is 94.5 Å². The number of rotatable bonds is 29. The molecule has 1 N–H and O–H groups in total. The van der Waals surface area contributed by atoms with Crippen molar-refractivity contribution >= 4 is 12.1 Å². The van der Waals surface area contributed by atoms with Crippen molar-refractivity contribution < 1.29 is 33.6 Å². The van der Waals surface area contributed by atoms with Gasteiger partial charge in [0.1, 0.15) is 18.5 Å². The minimum Gasteiger partial charge on any atom is -0.455 e. The van der Waals surface area contributed by atoms with Crippen molar-refractivity contribution in [1.82, 2.24) is 4.90 Å². The fourth-order valence-electron chi connectivity index (χ4n) is 7.66. The first-order valence-electron chi connectivity index (χ1n) is 20.8. The molecule has 292 valence electrons. The van der Waals surface area contributed by atoms with Gasteiger partial charge in [0.2, 0.25) is 0 Å². The molecule has 1 amide bonds. The van der Waals surface area contributed by atoms with E-state index >= 15 is 0 Å². The van der Waals surface area contributed by atoms with Crippen molar-refractivity contribution in [3.8, 4) is 0 Å². The summed E-state index contributed by atoms with van der Waals surface area (Å²) in [6.45, 7) is 10.1. The van der Waals surface area contributed by atoms with Gasteiger partial charge >= 0.3 is 12.1 Å². The third-order valence-corrected chi connectivity index (χ3v) is 10.4. The fourth-order valence-corrected chi connectivity index (χ4v) is 7.66. The lowest BCUT2D eigenvalue weighted by atomic mass is 10.00. The van der Waals surface area contributed by atoms with Crippen LogP contribution in [0.15, 0.2) is 11.6 Å². The predicted molar refractivity (Wildman–Crippen MR) is 203 cm³/mol. The number of cyclic esters (lactones) is 1. The minimum absolute atomic E-state index is 0.0641. The molecule has 0 unspecified atom stereocenters. The minimum atomic E-state index is -0.610. The zero-order valence-corrected chi connectivity index (χ0v) is 33.2. The molecule has 50 heavy (non-hydrogen) atoms. The van der Waals surface area contributed by atoms with Gasteiger partial charge in [-0.25, -0.2) is 9.59 Å². The number of aliphatic hydroxyl groups is 1. The molecule has 2 aliphatic rings. The van der Waals surface area contributed by atoms with Crippen molar-refractivity contribution in [2.45, 2.75) is 231 Å². The van der Waals surface area contributed by atoms with Crippen LogP contribution in [0.3, 0.4) is 0 Å². The first kappa shape index (κ1) is 44.5. The van der Waals surface area contributed by atoms with E-state index < -0.39 is 11.7 Å². The van der Waals surface area contributed by atoms with Gasteiger partial charge in [0.25, 0.3) is 0 Å². The Bertz CT molecular complexity index is 932. The first-order chi connectivity index (χ1) is 24.1. The molecule has 0 bridgehead atoms. The lowest BCUT2D eigenvalue weighted by Crippen LogP contribution is -2.52. The molecule has 1 saturated heterocycles. The maximum Gasteiger partial charge on any atom is 0.410 e. The van der Waals surface area contributed by atoms with Crippen LogP contribution in [-0.2, 0) is 23.7 Å². The van der Waals surface area contributed by atoms with E-state index in [0.717, 1.165) is 63.4 Å². The summed E-state index contributed by atoms with van der Waals surface area (Å²) in [5, 5.41) is 11.4. The summed E-state index contributed by atoms with van der Waals surface area (Å²) in [4.78, 5) is 27.2. The van der Waals surface area contributed by atoms with E-state index in [0.29, 0.717) is 6.42 Å². The number of carbonyl (C=O) groups is 2. The Morgan fingerprint density at radius 2 is 1.32 bits per heavy atom. The zero-order valence-electron chi connectivity index (χ0n) is 33.2. The molecule has 0 radical (unpaired) electrons. The summed E-state index contributed by atoms with van der Waals surface area (Å²) in [5.74, 6) is -0.131. The highest BCUT2D eigenvalue weighted by Gasteiger charge is 2.45. The number of likely N-dealkylation sites (tertiary alicyclic amines) is 1. The Morgan fingerprint density at radius 3 is 1.82 bits per heavy atom. The van der Waals surface area contributed by atoms with Crippen molar-refractivity contribution in [3.05, 3.63) is 11.6 Å². The Labute approximate surface area is 306 Å². The molecular weight excluding hydrogens is 630 g/mol. The molecule has 2 aliphatic heterocycles. The number of hydrogen-bond acceptors (Lipinski definition) is 7. The van der Waals surface area contributed by atoms with Crippen LogP contribution in [0.4, 0.5) is 4.79 Å². The second-order valence-electron chi connectivity index (χ2n) is 16.1. The SMILES string of the molecule is CCCCCCCCCCCC[C@@H](OCOC)[C@H]1CC[C@@H]([C@@H](O)CCCCCCCCCCCCC2=C[C@H](C)OC2=O)N1C(=O)OC(C)(C)C. The van der Waals surface area contributed by atoms with Crippen LogP contribution >= 0.6 is 0 Å². The molecule has 5 atom stereocenters. The Morgan fingerprint density at radius 1 is 0.820 bits per heavy atom. The number of ether oxygens (including phenoxy) is 4. The third kappa shape index (κ3) is 18.7. The average molecular weight is 708 g/mol. The van der Waals surface area contributed by atoms with Crippen LogP contribution in [0, 0.1) is 0 Å². The van der Waals surface area contributed by atoms with Crippen molar-refractivity contribution in [3.63, 3.8) is 0 Å². The molecule has 1 fully saturated rings. The highest BCUT2D eigenvalue weighted by Crippen LogP contribution is 2.34. The average Bonchev–Trinajstić information content (AvgIpc) is 3.65. The molecule has 0 saturated carbocycles. The maximum atomic E-state index is 13.6. The number of nitrogens with zero attached hydrogens (tertiary/aromatic N) is 1. The number of amides is 1. The second kappa shape index (κ2) is 26.2. The van der Waals surface area contributed by atoms with E-state index in [-0.39, 0.29) is 43.1 Å². The van der Waals surface area contributed by atoms with Gasteiger partial charge in [-0.15, -0.1) is 0 Å². The van der Waals surface area contributed by atoms with E-state index in [4.69, 9.17) is 18.9 Å². The summed E-state index contributed by atoms with van der Waals surface area (Å²) in [7, 11) is 1.64. The summed E-state index contributed by atoms with van der Waals surface area (Å²) in [6.07, 6.45) is 29.3. The molecule has 2 rings (SSSR count). The molecule has 0 aromatic rings. The van der Waals surface area contributed by atoms with E-state index in [2.05, 4.69) is 6.92 Å². The largest absolute Gasteiger partial charge is 0.455 e. The predicted octanol–water partition coefficient (Wildman–Crippen LogP) is 11.0. The van der Waals surface area contributed by atoms with Gasteiger partial charge in [0.05, 0.1) is 24.3 Å². The highest BCUT2D eigenvalue weighted by molar-refractivity contribution is 5.90. The lowest BCUT2D eigenvalue weighted by Gasteiger charge is -2.37. The van der Waals surface area contributed by atoms with Gasteiger partial charge in [-0.05, 0) is 72.3 Å². The highest BCUT2D eigenvalue weighted by atomic mass is 16.7. The number of hydrogen-bond donors (Lipinski definition) is 1. The van der Waals surface area contributed by atoms with E-state index in [1.807, 2.05) is 38.7 Å². The van der Waals surface area contributed by atoms with Crippen LogP contribution < -0.4 is 0 Å². The smallest absolute Gasteiger partial charge is 0.410 e. The van der Waals surface area contributed by atoms with Gasteiger partial charge in [-0.3, -0.25) is 4.90 Å². The van der Waals surface area contributed by atoms with Crippen LogP contribution in [0.25, 0.3) is 0 Å². The van der Waals surface area contributed by atoms with Crippen molar-refractivity contribution in [1.29, 1.82) is 0 Å². The monoisotopic (exact) mass is 708 g/mol. The van der Waals surface area contributed by atoms with Gasteiger partial charge in [-0.1, -0.05) is 129 Å². The first-order valence-corrected chi connectivity index (χ1v) is 20.8. The summed E-state index contributed by atoms with van der Waals surface area (Å²) in [5.41, 5.74) is 0.244. The normalized spacial score (nSPS) is 20.6. The molecule has 2 heterocycles. The van der Waals surface area contributed by atoms with Crippen LogP contribution in [-0.4, -0.2) is 72.0 Å². The van der Waals surface area contributed by atoms with E-state index in [1.54, 1.807) is 7.11 Å². The number of methoxy groups -OCH3 is 1. The quantitative estimate of drug-likeness (QED) is 0.0470. The van der Waals surface area contributed by atoms with Crippen LogP contribution in [0.1, 0.15) is 195 Å². The molecule has 0 aromatic carbocycles. The molecule has 0 spiro atoms. The summed E-state index contributed by atoms with van der Waals surface area (Å²) < 4.78 is 22.6. The number of unbranched alkanes of at least 4 members (excludes halogenated alkanes) is 18. The number of carbonyl (C=O) groups excluding carboxylic acids is 2. The summed E-state index contributed by atoms with van der Waals surface area (Å²) >= 11 is 0. The Kier molecular flexibility index (Phi) is 23.3. The molecule has 0 aliphatic carbocycles. The van der Waals surface area contributed by atoms with Crippen molar-refractivity contribution in [2.24, 2.45) is 0 Å². The Hall–Kier alpha value is -1.64. The number of aliphatic hydroxyl groups excluding tert-OH is 1. The van der Waals surface area contributed by atoms with Crippen LogP contribution in [0.5, 0.6) is 0 Å². The van der Waals surface area contributed by atoms with Gasteiger partial charge in [0.15, 0.2) is 0 Å². The van der Waals surface area contributed by atoms with Crippen LogP contribution in [0.2, 0.25) is 0 Å². The fraction of sp³-hybridized carbons (Fsp3) is 0.905. The number of esters is 1. The molecule has 8 nitrogen and oxygen atoms in total. The van der Waals surface area contributed by atoms with Gasteiger partial charge < -0.3 is 24.1 Å². The van der Waals surface area contributed by atoms with E-state index in [1.165, 1.54) is 96.3 Å². The Balaban J connectivity index is 1.73. The molecular formula is C42H77NO7.